The molecular weight excluding hydrogens is 300 g/mol. The van der Waals surface area contributed by atoms with Gasteiger partial charge in [0.1, 0.15) is 5.75 Å². The van der Waals surface area contributed by atoms with Gasteiger partial charge in [0.15, 0.2) is 0 Å². The molecule has 0 spiro atoms. The summed E-state index contributed by atoms with van der Waals surface area (Å²) in [5.41, 5.74) is 3.61. The minimum Gasteiger partial charge on any atom is -0.494 e. The Balaban J connectivity index is 2.15. The Morgan fingerprint density at radius 2 is 1.75 bits per heavy atom. The average molecular weight is 328 g/mol. The van der Waals surface area contributed by atoms with Crippen LogP contribution in [0.25, 0.3) is 0 Å². The van der Waals surface area contributed by atoms with E-state index in [0.717, 1.165) is 29.1 Å². The molecule has 0 aliphatic rings. The highest BCUT2D eigenvalue weighted by atomic mass is 16.5. The second kappa shape index (κ2) is 7.65. The molecule has 0 radical (unpaired) electrons. The molecule has 24 heavy (non-hydrogen) atoms. The lowest BCUT2D eigenvalue weighted by atomic mass is 10.0. The Hall–Kier alpha value is -2.10. The van der Waals surface area contributed by atoms with Crippen molar-refractivity contribution in [2.24, 2.45) is 5.92 Å². The van der Waals surface area contributed by atoms with E-state index >= 15 is 0 Å². The normalized spacial score (nSPS) is 11.3. The van der Waals surface area contributed by atoms with Gasteiger partial charge >= 0.3 is 0 Å². The minimum atomic E-state index is -0.101. The molecule has 4 nitrogen and oxygen atoms in total. The number of hydrogen-bond acceptors (Lipinski definition) is 3. The highest BCUT2D eigenvalue weighted by Gasteiger charge is 2.19. The Bertz CT molecular complexity index is 697. The molecule has 2 rings (SSSR count). The zero-order valence-electron chi connectivity index (χ0n) is 15.6. The molecule has 4 heteroatoms. The Kier molecular flexibility index (Phi) is 5.81. The van der Waals surface area contributed by atoms with E-state index in [0.29, 0.717) is 24.0 Å². The molecule has 130 valence electrons. The lowest BCUT2D eigenvalue weighted by Gasteiger charge is -2.09. The molecule has 0 atom stereocenters. The van der Waals surface area contributed by atoms with Crippen LogP contribution in [0.1, 0.15) is 67.3 Å². The van der Waals surface area contributed by atoms with E-state index < -0.39 is 0 Å². The van der Waals surface area contributed by atoms with Crippen molar-refractivity contribution < 1.29 is 9.53 Å². The van der Waals surface area contributed by atoms with Gasteiger partial charge in [0.2, 0.25) is 0 Å². The smallest absolute Gasteiger partial charge is 0.278 e. The maximum atomic E-state index is 12.7. The van der Waals surface area contributed by atoms with E-state index in [2.05, 4.69) is 32.8 Å². The first-order chi connectivity index (χ1) is 11.3. The summed E-state index contributed by atoms with van der Waals surface area (Å²) in [6, 6.07) is 7.31. The largest absolute Gasteiger partial charge is 0.494 e. The van der Waals surface area contributed by atoms with Crippen LogP contribution >= 0.6 is 0 Å². The van der Waals surface area contributed by atoms with E-state index in [9.17, 15) is 4.79 Å². The average Bonchev–Trinajstić information content (AvgIpc) is 2.81. The van der Waals surface area contributed by atoms with E-state index in [-0.39, 0.29) is 5.91 Å². The first-order valence-electron chi connectivity index (χ1n) is 8.65. The maximum Gasteiger partial charge on any atom is 0.278 e. The van der Waals surface area contributed by atoms with Crippen LogP contribution in [0, 0.1) is 19.8 Å². The second-order valence-corrected chi connectivity index (χ2v) is 7.01. The number of nitrogens with zero attached hydrogens (tertiary/aromatic N) is 2. The Morgan fingerprint density at radius 1 is 1.12 bits per heavy atom. The van der Waals surface area contributed by atoms with Crippen LogP contribution in [0.15, 0.2) is 24.3 Å². The summed E-state index contributed by atoms with van der Waals surface area (Å²) in [6.07, 6.45) is 1.02. The fourth-order valence-electron chi connectivity index (χ4n) is 2.92. The monoisotopic (exact) mass is 328 g/mol. The van der Waals surface area contributed by atoms with Crippen molar-refractivity contribution in [3.8, 4) is 5.75 Å². The highest BCUT2D eigenvalue weighted by molar-refractivity contribution is 5.96. The molecule has 1 aromatic carbocycles. The van der Waals surface area contributed by atoms with Crippen LogP contribution in [0.3, 0.4) is 0 Å². The van der Waals surface area contributed by atoms with Crippen LogP contribution in [0.2, 0.25) is 0 Å². The van der Waals surface area contributed by atoms with Crippen LogP contribution in [0.4, 0.5) is 0 Å². The topological polar surface area (TPSA) is 44.1 Å². The standard InChI is InChI=1S/C20H28N2O2/c1-13(2)11-12-24-18-9-7-17(8-10-18)20(23)22-16(6)19(14(3)4)15(5)21-22/h7-10,13-14H,11-12H2,1-6H3. The van der Waals surface area contributed by atoms with Gasteiger partial charge in [0.05, 0.1) is 12.3 Å². The third kappa shape index (κ3) is 4.05. The van der Waals surface area contributed by atoms with Gasteiger partial charge < -0.3 is 4.74 Å². The van der Waals surface area contributed by atoms with Crippen LogP contribution < -0.4 is 4.74 Å². The predicted octanol–water partition coefficient (Wildman–Crippen LogP) is 4.74. The third-order valence-electron chi connectivity index (χ3n) is 4.18. The summed E-state index contributed by atoms with van der Waals surface area (Å²) in [5, 5.41) is 4.44. The van der Waals surface area contributed by atoms with Crippen molar-refractivity contribution in [1.29, 1.82) is 0 Å². The molecule has 0 N–H and O–H groups in total. The third-order valence-corrected chi connectivity index (χ3v) is 4.18. The molecule has 0 unspecified atom stereocenters. The number of aromatic nitrogens is 2. The van der Waals surface area contributed by atoms with E-state index in [4.69, 9.17) is 4.74 Å². The molecule has 0 saturated carbocycles. The Labute approximate surface area is 144 Å². The molecule has 0 amide bonds. The number of ether oxygens (including phenoxy) is 1. The van der Waals surface area contributed by atoms with Gasteiger partial charge in [-0.1, -0.05) is 27.7 Å². The summed E-state index contributed by atoms with van der Waals surface area (Å²) in [5.74, 6) is 1.66. The number of benzene rings is 1. The van der Waals surface area contributed by atoms with Gasteiger partial charge in [-0.05, 0) is 61.9 Å². The molecule has 1 aromatic heterocycles. The number of hydrogen-bond donors (Lipinski definition) is 0. The lowest BCUT2D eigenvalue weighted by molar-refractivity contribution is 0.0942. The van der Waals surface area contributed by atoms with E-state index in [1.165, 1.54) is 4.68 Å². The summed E-state index contributed by atoms with van der Waals surface area (Å²) >= 11 is 0. The Morgan fingerprint density at radius 3 is 2.25 bits per heavy atom. The number of rotatable bonds is 6. The van der Waals surface area contributed by atoms with Gasteiger partial charge in [-0.25, -0.2) is 4.68 Å². The van der Waals surface area contributed by atoms with Gasteiger partial charge in [0, 0.05) is 11.3 Å². The van der Waals surface area contributed by atoms with Crippen molar-refractivity contribution in [1.82, 2.24) is 9.78 Å². The maximum absolute atomic E-state index is 12.7. The zero-order valence-corrected chi connectivity index (χ0v) is 15.6. The molecule has 0 fully saturated rings. The van der Waals surface area contributed by atoms with Crippen LogP contribution in [-0.4, -0.2) is 22.3 Å². The molecule has 0 aliphatic heterocycles. The van der Waals surface area contributed by atoms with E-state index in [1.807, 2.05) is 26.0 Å². The fraction of sp³-hybridized carbons (Fsp3) is 0.500. The number of aryl methyl sites for hydroxylation is 1. The summed E-state index contributed by atoms with van der Waals surface area (Å²) < 4.78 is 7.22. The van der Waals surface area contributed by atoms with Crippen molar-refractivity contribution in [3.63, 3.8) is 0 Å². The minimum absolute atomic E-state index is 0.101. The van der Waals surface area contributed by atoms with Crippen molar-refractivity contribution in [2.75, 3.05) is 6.61 Å². The van der Waals surface area contributed by atoms with Crippen molar-refractivity contribution >= 4 is 5.91 Å². The van der Waals surface area contributed by atoms with Crippen LogP contribution in [-0.2, 0) is 0 Å². The second-order valence-electron chi connectivity index (χ2n) is 7.01. The lowest BCUT2D eigenvalue weighted by Crippen LogP contribution is -2.15. The quantitative estimate of drug-likeness (QED) is 0.769. The van der Waals surface area contributed by atoms with Gasteiger partial charge in [-0.15, -0.1) is 0 Å². The first-order valence-corrected chi connectivity index (χ1v) is 8.65. The molecule has 1 heterocycles. The number of carbonyl (C=O) groups excluding carboxylic acids is 1. The molecular formula is C20H28N2O2. The zero-order chi connectivity index (χ0) is 17.9. The molecule has 2 aromatic rings. The first kappa shape index (κ1) is 18.2. The van der Waals surface area contributed by atoms with Crippen LogP contribution in [0.5, 0.6) is 5.75 Å². The molecule has 0 bridgehead atoms. The summed E-state index contributed by atoms with van der Waals surface area (Å²) in [7, 11) is 0. The fourth-order valence-corrected chi connectivity index (χ4v) is 2.92. The summed E-state index contributed by atoms with van der Waals surface area (Å²) in [4.78, 5) is 12.7. The van der Waals surface area contributed by atoms with Gasteiger partial charge in [-0.2, -0.15) is 5.10 Å². The van der Waals surface area contributed by atoms with Crippen molar-refractivity contribution in [2.45, 2.75) is 53.9 Å². The SMILES string of the molecule is Cc1nn(C(=O)c2ccc(OCCC(C)C)cc2)c(C)c1C(C)C. The summed E-state index contributed by atoms with van der Waals surface area (Å²) in [6.45, 7) is 13.2. The van der Waals surface area contributed by atoms with Gasteiger partial charge in [-0.3, -0.25) is 4.79 Å². The molecule has 0 aliphatic carbocycles. The van der Waals surface area contributed by atoms with E-state index in [1.54, 1.807) is 12.1 Å². The predicted molar refractivity (Wildman–Crippen MR) is 96.9 cm³/mol. The van der Waals surface area contributed by atoms with Gasteiger partial charge in [0.25, 0.3) is 5.91 Å². The van der Waals surface area contributed by atoms with Crippen molar-refractivity contribution in [3.05, 3.63) is 46.8 Å². The highest BCUT2D eigenvalue weighted by Crippen LogP contribution is 2.23. The number of carbonyl (C=O) groups is 1. The molecule has 0 saturated heterocycles.